The minimum atomic E-state index is -4.51. The summed E-state index contributed by atoms with van der Waals surface area (Å²) < 4.78 is 41.3. The van der Waals surface area contributed by atoms with Gasteiger partial charge >= 0.3 is 6.18 Å². The highest BCUT2D eigenvalue weighted by Gasteiger charge is 2.33. The van der Waals surface area contributed by atoms with Gasteiger partial charge in [0, 0.05) is 45.1 Å². The number of carbonyl (C=O) groups excluding carboxylic acids is 1. The molecule has 1 saturated heterocycles. The Balaban J connectivity index is 1.49. The number of thiocarbonyl (C=S) groups is 1. The standard InChI is InChI=1S/C22H21F3N6O3S/c1-2-29-12-14(19(33)34)17(32)13-11-26-20(28-18(13)29)30-7-9-31(10-8-30)21(35)27-16-6-4-3-5-15(16)22(23,24)25/h3-6,11-12H,2,7-10H2,1H3,(H,27,35)(H,33,34)/p-1. The monoisotopic (exact) mass is 505 g/mol. The predicted molar refractivity (Wildman–Crippen MR) is 125 cm³/mol. The molecule has 1 fully saturated rings. The van der Waals surface area contributed by atoms with Crippen LogP contribution < -0.4 is 20.8 Å². The molecule has 0 unspecified atom stereocenters. The maximum Gasteiger partial charge on any atom is 0.418 e. The van der Waals surface area contributed by atoms with Gasteiger partial charge in [-0.15, -0.1) is 0 Å². The van der Waals surface area contributed by atoms with Crippen molar-refractivity contribution >= 4 is 46.0 Å². The van der Waals surface area contributed by atoms with Crippen LogP contribution in [-0.2, 0) is 12.7 Å². The SMILES string of the molecule is CCn1cc(C(=O)[O-])c(=O)c2cnc(N3CCN(C(=S)Nc4ccccc4C(F)(F)F)CC3)nc21. The number of alkyl halides is 3. The molecule has 0 spiro atoms. The number of nitrogens with one attached hydrogen (secondary N) is 1. The van der Waals surface area contributed by atoms with Gasteiger partial charge in [-0.3, -0.25) is 4.79 Å². The third kappa shape index (κ3) is 4.90. The number of halogens is 3. The van der Waals surface area contributed by atoms with Crippen molar-refractivity contribution in [3.05, 3.63) is 58.0 Å². The number of pyridine rings is 1. The number of aryl methyl sites for hydroxylation is 1. The third-order valence-electron chi connectivity index (χ3n) is 5.69. The minimum absolute atomic E-state index is 0.0737. The van der Waals surface area contributed by atoms with Crippen molar-refractivity contribution in [2.75, 3.05) is 36.4 Å². The summed E-state index contributed by atoms with van der Waals surface area (Å²) in [6, 6.07) is 5.14. The Morgan fingerprint density at radius 1 is 1.20 bits per heavy atom. The molecule has 0 saturated carbocycles. The molecule has 0 aliphatic carbocycles. The van der Waals surface area contributed by atoms with Gasteiger partial charge in [0.2, 0.25) is 11.4 Å². The van der Waals surface area contributed by atoms with Crippen LogP contribution in [0.15, 0.2) is 41.5 Å². The second kappa shape index (κ2) is 9.49. The molecule has 1 aliphatic heterocycles. The van der Waals surface area contributed by atoms with Gasteiger partial charge in [-0.1, -0.05) is 12.1 Å². The number of rotatable bonds is 4. The van der Waals surface area contributed by atoms with E-state index < -0.39 is 28.7 Å². The van der Waals surface area contributed by atoms with Gasteiger partial charge in [0.1, 0.15) is 5.65 Å². The maximum absolute atomic E-state index is 13.3. The first kappa shape index (κ1) is 24.4. The molecule has 3 heterocycles. The first-order chi connectivity index (χ1) is 16.6. The summed E-state index contributed by atoms with van der Waals surface area (Å²) in [6.45, 7) is 3.84. The highest BCUT2D eigenvalue weighted by molar-refractivity contribution is 7.80. The highest BCUT2D eigenvalue weighted by Crippen LogP contribution is 2.34. The second-order valence-electron chi connectivity index (χ2n) is 7.80. The smallest absolute Gasteiger partial charge is 0.418 e. The largest absolute Gasteiger partial charge is 0.545 e. The maximum atomic E-state index is 13.3. The molecule has 1 N–H and O–H groups in total. The van der Waals surface area contributed by atoms with E-state index >= 15 is 0 Å². The first-order valence-electron chi connectivity index (χ1n) is 10.7. The van der Waals surface area contributed by atoms with Gasteiger partial charge in [0.15, 0.2) is 5.11 Å². The Kier molecular flexibility index (Phi) is 6.61. The number of hydrogen-bond donors (Lipinski definition) is 1. The van der Waals surface area contributed by atoms with Crippen LogP contribution in [0, 0.1) is 0 Å². The fourth-order valence-corrected chi connectivity index (χ4v) is 4.14. The topological polar surface area (TPSA) is 106 Å². The molecule has 0 bridgehead atoms. The van der Waals surface area contributed by atoms with Gasteiger partial charge < -0.3 is 29.6 Å². The fourth-order valence-electron chi connectivity index (χ4n) is 3.85. The van der Waals surface area contributed by atoms with E-state index in [2.05, 4.69) is 15.3 Å². The summed E-state index contributed by atoms with van der Waals surface area (Å²) in [6.07, 6.45) is -2.00. The number of aromatic nitrogens is 3. The molecule has 0 radical (unpaired) electrons. The lowest BCUT2D eigenvalue weighted by atomic mass is 10.1. The summed E-state index contributed by atoms with van der Waals surface area (Å²) in [5, 5.41) is 14.2. The van der Waals surface area contributed by atoms with Gasteiger partial charge in [-0.25, -0.2) is 4.98 Å². The van der Waals surface area contributed by atoms with E-state index in [-0.39, 0.29) is 16.2 Å². The van der Waals surface area contributed by atoms with Gasteiger partial charge in [0.25, 0.3) is 0 Å². The number of carboxylic acids is 1. The van der Waals surface area contributed by atoms with Crippen molar-refractivity contribution in [1.29, 1.82) is 0 Å². The number of anilines is 2. The number of nitrogens with zero attached hydrogens (tertiary/aromatic N) is 5. The summed E-state index contributed by atoms with van der Waals surface area (Å²) >= 11 is 5.34. The molecule has 2 aromatic heterocycles. The zero-order valence-corrected chi connectivity index (χ0v) is 19.3. The number of hydrogen-bond acceptors (Lipinski definition) is 7. The number of piperazine rings is 1. The van der Waals surface area contributed by atoms with Crippen molar-refractivity contribution in [1.82, 2.24) is 19.4 Å². The van der Waals surface area contributed by atoms with Crippen molar-refractivity contribution in [3.63, 3.8) is 0 Å². The summed E-state index contributed by atoms with van der Waals surface area (Å²) in [4.78, 5) is 36.1. The lowest BCUT2D eigenvalue weighted by Gasteiger charge is -2.36. The Morgan fingerprint density at radius 2 is 1.89 bits per heavy atom. The molecule has 1 aromatic carbocycles. The molecule has 0 atom stereocenters. The predicted octanol–water partition coefficient (Wildman–Crippen LogP) is 1.71. The van der Waals surface area contributed by atoms with Crippen molar-refractivity contribution in [2.45, 2.75) is 19.6 Å². The van der Waals surface area contributed by atoms with Crippen LogP contribution in [0.3, 0.4) is 0 Å². The zero-order chi connectivity index (χ0) is 25.3. The van der Waals surface area contributed by atoms with E-state index in [9.17, 15) is 27.9 Å². The normalized spacial score (nSPS) is 14.3. The van der Waals surface area contributed by atoms with Crippen LogP contribution in [-0.4, -0.2) is 56.7 Å². The summed E-state index contributed by atoms with van der Waals surface area (Å²) in [5.41, 5.74) is -1.78. The molecular formula is C22H20F3N6O3S-. The quantitative estimate of drug-likeness (QED) is 0.531. The van der Waals surface area contributed by atoms with E-state index in [1.807, 2.05) is 4.90 Å². The van der Waals surface area contributed by atoms with E-state index in [4.69, 9.17) is 12.2 Å². The molecule has 1 aliphatic rings. The average Bonchev–Trinajstić information content (AvgIpc) is 2.83. The molecular weight excluding hydrogens is 485 g/mol. The molecule has 35 heavy (non-hydrogen) atoms. The Bertz CT molecular complexity index is 1350. The number of para-hydroxylation sites is 1. The number of carbonyl (C=O) groups is 1. The lowest BCUT2D eigenvalue weighted by Crippen LogP contribution is -2.50. The molecule has 13 heteroatoms. The Morgan fingerprint density at radius 3 is 2.51 bits per heavy atom. The second-order valence-corrected chi connectivity index (χ2v) is 8.19. The third-order valence-corrected chi connectivity index (χ3v) is 6.05. The summed E-state index contributed by atoms with van der Waals surface area (Å²) in [5.74, 6) is -1.22. The van der Waals surface area contributed by atoms with Crippen molar-refractivity contribution in [2.24, 2.45) is 0 Å². The minimum Gasteiger partial charge on any atom is -0.545 e. The van der Waals surface area contributed by atoms with Crippen LogP contribution in [0.1, 0.15) is 22.8 Å². The van der Waals surface area contributed by atoms with E-state index in [0.717, 1.165) is 6.07 Å². The van der Waals surface area contributed by atoms with Gasteiger partial charge in [-0.2, -0.15) is 18.2 Å². The Labute approximate surface area is 202 Å². The van der Waals surface area contributed by atoms with Gasteiger partial charge in [0.05, 0.1) is 28.2 Å². The molecule has 9 nitrogen and oxygen atoms in total. The average molecular weight is 506 g/mol. The number of carboxylic acid groups (broad SMARTS) is 1. The van der Waals surface area contributed by atoms with Crippen LogP contribution >= 0.6 is 12.2 Å². The van der Waals surface area contributed by atoms with Crippen LogP contribution in [0.25, 0.3) is 11.0 Å². The van der Waals surface area contributed by atoms with E-state index in [1.165, 1.54) is 30.6 Å². The molecule has 3 aromatic rings. The number of benzene rings is 1. The summed E-state index contributed by atoms with van der Waals surface area (Å²) in [7, 11) is 0. The first-order valence-corrected chi connectivity index (χ1v) is 11.1. The number of fused-ring (bicyclic) bond motifs is 1. The zero-order valence-electron chi connectivity index (χ0n) is 18.5. The van der Waals surface area contributed by atoms with E-state index in [1.54, 1.807) is 16.4 Å². The van der Waals surface area contributed by atoms with Crippen molar-refractivity contribution < 1.29 is 23.1 Å². The fraction of sp³-hybridized carbons (Fsp3) is 0.318. The van der Waals surface area contributed by atoms with Crippen molar-refractivity contribution in [3.8, 4) is 0 Å². The highest BCUT2D eigenvalue weighted by atomic mass is 32.1. The number of aromatic carboxylic acids is 1. The molecule has 184 valence electrons. The van der Waals surface area contributed by atoms with E-state index in [0.29, 0.717) is 44.3 Å². The lowest BCUT2D eigenvalue weighted by molar-refractivity contribution is -0.255. The Hall–Kier alpha value is -3.74. The van der Waals surface area contributed by atoms with Crippen LogP contribution in [0.5, 0.6) is 0 Å². The molecule has 0 amide bonds. The van der Waals surface area contributed by atoms with Gasteiger partial charge in [-0.05, 0) is 31.3 Å². The molecule has 4 rings (SSSR count). The van der Waals surface area contributed by atoms with Crippen LogP contribution in [0.2, 0.25) is 0 Å². The van der Waals surface area contributed by atoms with Crippen LogP contribution in [0.4, 0.5) is 24.8 Å².